The molecule has 2 heterocycles. The van der Waals surface area contributed by atoms with Crippen molar-refractivity contribution in [2.24, 2.45) is 5.41 Å². The molecule has 126 valence electrons. The van der Waals surface area contributed by atoms with Crippen LogP contribution in [0.5, 0.6) is 11.5 Å². The summed E-state index contributed by atoms with van der Waals surface area (Å²) in [6.07, 6.45) is 3.11. The van der Waals surface area contributed by atoms with Crippen LogP contribution in [0.25, 0.3) is 0 Å². The van der Waals surface area contributed by atoms with E-state index in [9.17, 15) is 9.18 Å². The Hall–Kier alpha value is -1.82. The predicted molar refractivity (Wildman–Crippen MR) is 84.6 cm³/mol. The molecule has 1 spiro atoms. The lowest BCUT2D eigenvalue weighted by atomic mass is 9.78. The van der Waals surface area contributed by atoms with Gasteiger partial charge in [-0.15, -0.1) is 0 Å². The normalized spacial score (nSPS) is 19.9. The highest BCUT2D eigenvalue weighted by atomic mass is 19.1. The highest BCUT2D eigenvalue weighted by Gasteiger charge is 2.38. The minimum absolute atomic E-state index is 0.0446. The summed E-state index contributed by atoms with van der Waals surface area (Å²) in [6, 6.07) is 2.64. The van der Waals surface area contributed by atoms with Crippen LogP contribution in [-0.2, 0) is 0 Å². The minimum Gasteiger partial charge on any atom is -0.493 e. The van der Waals surface area contributed by atoms with Crippen molar-refractivity contribution in [3.05, 3.63) is 23.5 Å². The van der Waals surface area contributed by atoms with Crippen LogP contribution in [-0.4, -0.2) is 51.2 Å². The number of halogens is 1. The molecular formula is C17H23FN2O3. The third kappa shape index (κ3) is 3.00. The number of likely N-dealkylation sites (tertiary alicyclic amines) is 1. The maximum absolute atomic E-state index is 14.3. The average molecular weight is 322 g/mol. The molecule has 6 heteroatoms. The molecule has 0 unspecified atom stereocenters. The molecule has 3 rings (SSSR count). The van der Waals surface area contributed by atoms with E-state index in [4.69, 9.17) is 9.47 Å². The van der Waals surface area contributed by atoms with Crippen LogP contribution in [0.2, 0.25) is 0 Å². The zero-order chi connectivity index (χ0) is 16.4. The Morgan fingerprint density at radius 3 is 2.39 bits per heavy atom. The van der Waals surface area contributed by atoms with E-state index >= 15 is 0 Å². The SMILES string of the molecule is COc1cc(F)c(C(=O)N2CCC3(CCNC3)CC2)cc1OC. The van der Waals surface area contributed by atoms with E-state index in [1.165, 1.54) is 32.8 Å². The number of benzene rings is 1. The van der Waals surface area contributed by atoms with Crippen LogP contribution < -0.4 is 14.8 Å². The third-order valence-electron chi connectivity index (χ3n) is 5.15. The van der Waals surface area contributed by atoms with Crippen LogP contribution in [0.4, 0.5) is 4.39 Å². The monoisotopic (exact) mass is 322 g/mol. The summed E-state index contributed by atoms with van der Waals surface area (Å²) in [5.41, 5.74) is 0.371. The van der Waals surface area contributed by atoms with E-state index in [0.717, 1.165) is 25.9 Å². The first-order chi connectivity index (χ1) is 11.1. The first-order valence-electron chi connectivity index (χ1n) is 8.00. The molecule has 0 aliphatic carbocycles. The van der Waals surface area contributed by atoms with Gasteiger partial charge in [0.25, 0.3) is 5.91 Å². The molecule has 0 bridgehead atoms. The second kappa shape index (κ2) is 6.35. The second-order valence-corrected chi connectivity index (χ2v) is 6.41. The lowest BCUT2D eigenvalue weighted by Gasteiger charge is -2.39. The lowest BCUT2D eigenvalue weighted by molar-refractivity contribution is 0.0602. The van der Waals surface area contributed by atoms with Gasteiger partial charge in [0.1, 0.15) is 5.82 Å². The molecule has 2 aliphatic rings. The van der Waals surface area contributed by atoms with Gasteiger partial charge < -0.3 is 19.7 Å². The Morgan fingerprint density at radius 1 is 1.17 bits per heavy atom. The van der Waals surface area contributed by atoms with Gasteiger partial charge in [0.2, 0.25) is 0 Å². The minimum atomic E-state index is -0.574. The van der Waals surface area contributed by atoms with Crippen LogP contribution in [0, 0.1) is 11.2 Å². The first-order valence-corrected chi connectivity index (χ1v) is 8.00. The Balaban J connectivity index is 1.76. The molecule has 0 aromatic heterocycles. The summed E-state index contributed by atoms with van der Waals surface area (Å²) in [5.74, 6) is -0.193. The first kappa shape index (κ1) is 16.1. The molecule has 2 fully saturated rings. The number of hydrogen-bond acceptors (Lipinski definition) is 4. The molecule has 1 N–H and O–H groups in total. The van der Waals surface area contributed by atoms with Crippen LogP contribution in [0.1, 0.15) is 29.6 Å². The van der Waals surface area contributed by atoms with Crippen molar-refractivity contribution in [1.82, 2.24) is 10.2 Å². The fourth-order valence-corrected chi connectivity index (χ4v) is 3.59. The third-order valence-corrected chi connectivity index (χ3v) is 5.15. The summed E-state index contributed by atoms with van der Waals surface area (Å²) >= 11 is 0. The van der Waals surface area contributed by atoms with Crippen molar-refractivity contribution >= 4 is 5.91 Å². The van der Waals surface area contributed by atoms with E-state index in [2.05, 4.69) is 5.32 Å². The number of carbonyl (C=O) groups is 1. The Kier molecular flexibility index (Phi) is 4.43. The van der Waals surface area contributed by atoms with Gasteiger partial charge >= 0.3 is 0 Å². The number of nitrogens with one attached hydrogen (secondary N) is 1. The van der Waals surface area contributed by atoms with E-state index < -0.39 is 5.82 Å². The Bertz CT molecular complexity index is 590. The molecule has 5 nitrogen and oxygen atoms in total. The zero-order valence-corrected chi connectivity index (χ0v) is 13.7. The lowest BCUT2D eigenvalue weighted by Crippen LogP contribution is -2.44. The maximum Gasteiger partial charge on any atom is 0.256 e. The number of ether oxygens (including phenoxy) is 2. The molecule has 0 radical (unpaired) electrons. The van der Waals surface area contributed by atoms with Gasteiger partial charge in [-0.05, 0) is 37.3 Å². The predicted octanol–water partition coefficient (Wildman–Crippen LogP) is 2.06. The van der Waals surface area contributed by atoms with Crippen molar-refractivity contribution in [3.63, 3.8) is 0 Å². The number of methoxy groups -OCH3 is 2. The van der Waals surface area contributed by atoms with E-state index in [-0.39, 0.29) is 17.2 Å². The Labute approximate surface area is 135 Å². The van der Waals surface area contributed by atoms with E-state index in [1.807, 2.05) is 0 Å². The highest BCUT2D eigenvalue weighted by molar-refractivity contribution is 5.95. The number of carbonyl (C=O) groups excluding carboxylic acids is 1. The summed E-state index contributed by atoms with van der Waals surface area (Å²) in [4.78, 5) is 14.4. The molecule has 1 amide bonds. The quantitative estimate of drug-likeness (QED) is 0.925. The van der Waals surface area contributed by atoms with Gasteiger partial charge in [-0.1, -0.05) is 0 Å². The van der Waals surface area contributed by atoms with Gasteiger partial charge in [-0.3, -0.25) is 4.79 Å². The topological polar surface area (TPSA) is 50.8 Å². The van der Waals surface area contributed by atoms with Gasteiger partial charge in [-0.25, -0.2) is 4.39 Å². The number of nitrogens with zero attached hydrogens (tertiary/aromatic N) is 1. The van der Waals surface area contributed by atoms with Gasteiger partial charge in [0.15, 0.2) is 11.5 Å². The van der Waals surface area contributed by atoms with Gasteiger partial charge in [-0.2, -0.15) is 0 Å². The fraction of sp³-hybridized carbons (Fsp3) is 0.588. The highest BCUT2D eigenvalue weighted by Crippen LogP contribution is 2.38. The van der Waals surface area contributed by atoms with E-state index in [1.54, 1.807) is 4.90 Å². The largest absolute Gasteiger partial charge is 0.493 e. The average Bonchev–Trinajstić information content (AvgIpc) is 3.02. The van der Waals surface area contributed by atoms with Gasteiger partial charge in [0.05, 0.1) is 19.8 Å². The Morgan fingerprint density at radius 2 is 1.83 bits per heavy atom. The van der Waals surface area contributed by atoms with Crippen molar-refractivity contribution < 1.29 is 18.7 Å². The molecular weight excluding hydrogens is 299 g/mol. The molecule has 1 aromatic carbocycles. The van der Waals surface area contributed by atoms with Crippen molar-refractivity contribution in [1.29, 1.82) is 0 Å². The van der Waals surface area contributed by atoms with Gasteiger partial charge in [0, 0.05) is 25.7 Å². The number of hydrogen-bond donors (Lipinski definition) is 1. The standard InChI is InChI=1S/C17H23FN2O3/c1-22-14-9-12(13(18)10-15(14)23-2)16(21)20-7-4-17(5-8-20)3-6-19-11-17/h9-10,19H,3-8,11H2,1-2H3. The maximum atomic E-state index is 14.3. The summed E-state index contributed by atoms with van der Waals surface area (Å²) < 4.78 is 24.5. The summed E-state index contributed by atoms with van der Waals surface area (Å²) in [6.45, 7) is 3.43. The van der Waals surface area contributed by atoms with Crippen LogP contribution >= 0.6 is 0 Å². The molecule has 23 heavy (non-hydrogen) atoms. The van der Waals surface area contributed by atoms with Crippen LogP contribution in [0.3, 0.4) is 0 Å². The summed E-state index contributed by atoms with van der Waals surface area (Å²) in [5, 5.41) is 3.40. The number of amides is 1. The van der Waals surface area contributed by atoms with Crippen LogP contribution in [0.15, 0.2) is 12.1 Å². The van der Waals surface area contributed by atoms with Crippen molar-refractivity contribution in [2.75, 3.05) is 40.4 Å². The van der Waals surface area contributed by atoms with Crippen molar-refractivity contribution in [2.45, 2.75) is 19.3 Å². The molecule has 0 saturated carbocycles. The smallest absolute Gasteiger partial charge is 0.256 e. The second-order valence-electron chi connectivity index (χ2n) is 6.41. The molecule has 2 aliphatic heterocycles. The summed E-state index contributed by atoms with van der Waals surface area (Å²) in [7, 11) is 2.92. The van der Waals surface area contributed by atoms with E-state index in [0.29, 0.717) is 24.3 Å². The number of rotatable bonds is 3. The van der Waals surface area contributed by atoms with Crippen molar-refractivity contribution in [3.8, 4) is 11.5 Å². The fourth-order valence-electron chi connectivity index (χ4n) is 3.59. The molecule has 2 saturated heterocycles. The molecule has 0 atom stereocenters. The molecule has 1 aromatic rings. The zero-order valence-electron chi connectivity index (χ0n) is 13.7. The number of piperidine rings is 1.